The molecular weight excluding hydrogens is 452 g/mol. The molecule has 0 bridgehead atoms. The number of thioether (sulfide) groups is 1. The molecule has 0 radical (unpaired) electrons. The molecule has 2 heterocycles. The molecule has 0 N–H and O–H groups in total. The molecular formula is C30H46N2O2S. The molecule has 194 valence electrons. The third-order valence-corrected chi connectivity index (χ3v) is 8.57. The number of hydrogen-bond acceptors (Lipinski definition) is 5. The van der Waals surface area contributed by atoms with Crippen LogP contribution in [0.25, 0.3) is 11.1 Å². The zero-order chi connectivity index (χ0) is 24.6. The summed E-state index contributed by atoms with van der Waals surface area (Å²) in [7, 11) is 0. The minimum Gasteiger partial charge on any atom is -0.493 e. The van der Waals surface area contributed by atoms with Gasteiger partial charge in [-0.1, -0.05) is 96.6 Å². The lowest BCUT2D eigenvalue weighted by atomic mass is 10.0. The Hall–Kier alpha value is -1.75. The monoisotopic (exact) mass is 498 g/mol. The second-order valence-electron chi connectivity index (χ2n) is 9.89. The van der Waals surface area contributed by atoms with Crippen LogP contribution in [-0.2, 0) is 0 Å². The van der Waals surface area contributed by atoms with Gasteiger partial charge in [0.05, 0.1) is 13.2 Å². The van der Waals surface area contributed by atoms with Gasteiger partial charge in [-0.05, 0) is 30.5 Å². The van der Waals surface area contributed by atoms with Gasteiger partial charge >= 0.3 is 6.01 Å². The van der Waals surface area contributed by atoms with Gasteiger partial charge in [-0.2, -0.15) is 11.8 Å². The van der Waals surface area contributed by atoms with Crippen LogP contribution in [0.3, 0.4) is 0 Å². The molecule has 1 saturated heterocycles. The fourth-order valence-corrected chi connectivity index (χ4v) is 5.75. The maximum Gasteiger partial charge on any atom is 0.316 e. The van der Waals surface area contributed by atoms with Gasteiger partial charge in [0, 0.05) is 34.9 Å². The summed E-state index contributed by atoms with van der Waals surface area (Å²) in [6.07, 6.45) is 20.8. The van der Waals surface area contributed by atoms with E-state index in [2.05, 4.69) is 59.8 Å². The third kappa shape index (κ3) is 10.4. The maximum absolute atomic E-state index is 6.13. The van der Waals surface area contributed by atoms with Crippen LogP contribution in [0.1, 0.15) is 97.3 Å². The number of hydrogen-bond donors (Lipinski definition) is 0. The Labute approximate surface area is 218 Å². The Bertz CT molecular complexity index is 797. The van der Waals surface area contributed by atoms with E-state index in [1.165, 1.54) is 82.8 Å². The minimum absolute atomic E-state index is 0.469. The molecule has 1 aliphatic heterocycles. The zero-order valence-corrected chi connectivity index (χ0v) is 22.9. The van der Waals surface area contributed by atoms with Crippen molar-refractivity contribution in [1.29, 1.82) is 0 Å². The van der Waals surface area contributed by atoms with Crippen molar-refractivity contribution in [3.8, 4) is 22.9 Å². The van der Waals surface area contributed by atoms with Crippen LogP contribution >= 0.6 is 11.8 Å². The van der Waals surface area contributed by atoms with Gasteiger partial charge in [-0.25, -0.2) is 9.97 Å². The molecule has 0 spiro atoms. The van der Waals surface area contributed by atoms with E-state index in [0.29, 0.717) is 18.5 Å². The largest absolute Gasteiger partial charge is 0.493 e. The van der Waals surface area contributed by atoms with Gasteiger partial charge in [0.1, 0.15) is 5.75 Å². The second kappa shape index (κ2) is 16.8. The molecule has 1 aliphatic rings. The highest BCUT2D eigenvalue weighted by atomic mass is 32.2. The van der Waals surface area contributed by atoms with Gasteiger partial charge in [-0.3, -0.25) is 0 Å². The molecule has 5 heteroatoms. The van der Waals surface area contributed by atoms with E-state index < -0.39 is 0 Å². The summed E-state index contributed by atoms with van der Waals surface area (Å²) in [6, 6.07) is 8.78. The summed E-state index contributed by atoms with van der Waals surface area (Å²) in [5, 5.41) is 0.791. The Morgan fingerprint density at radius 3 is 2.00 bits per heavy atom. The van der Waals surface area contributed by atoms with E-state index >= 15 is 0 Å². The van der Waals surface area contributed by atoms with Crippen LogP contribution in [0.4, 0.5) is 0 Å². The Kier molecular flexibility index (Phi) is 13.4. The minimum atomic E-state index is 0.469. The van der Waals surface area contributed by atoms with Crippen molar-refractivity contribution in [1.82, 2.24) is 9.97 Å². The number of ether oxygens (including phenoxy) is 2. The summed E-state index contributed by atoms with van der Waals surface area (Å²) in [4.78, 5) is 8.78. The first-order chi connectivity index (χ1) is 17.3. The smallest absolute Gasteiger partial charge is 0.316 e. The van der Waals surface area contributed by atoms with E-state index in [0.717, 1.165) is 35.2 Å². The standard InChI is InChI=1S/C30H46N2O2S/c1-3-5-7-9-11-13-15-29-27(24-35-29)23-34-28-18-16-25(17-19-28)26-21-31-30(32-22-26)33-20-14-12-10-8-6-4-2/h16-19,21-22,27,29H,3-15,20,23-24H2,1-2H3/t27-,29-/m1/s1. The molecule has 3 rings (SSSR count). The van der Waals surface area contributed by atoms with Crippen molar-refractivity contribution >= 4 is 11.8 Å². The molecule has 0 saturated carbocycles. The Morgan fingerprint density at radius 1 is 0.743 bits per heavy atom. The van der Waals surface area contributed by atoms with Crippen LogP contribution < -0.4 is 9.47 Å². The normalized spacial score (nSPS) is 17.2. The first-order valence-corrected chi connectivity index (χ1v) is 15.1. The topological polar surface area (TPSA) is 44.2 Å². The maximum atomic E-state index is 6.13. The van der Waals surface area contributed by atoms with Crippen LogP contribution in [0.5, 0.6) is 11.8 Å². The summed E-state index contributed by atoms with van der Waals surface area (Å²) < 4.78 is 11.8. The number of unbranched alkanes of at least 4 members (excludes halogenated alkanes) is 10. The zero-order valence-electron chi connectivity index (χ0n) is 22.1. The van der Waals surface area contributed by atoms with Crippen LogP contribution in [0, 0.1) is 5.92 Å². The second-order valence-corrected chi connectivity index (χ2v) is 11.2. The number of rotatable bonds is 19. The van der Waals surface area contributed by atoms with Gasteiger partial charge in [0.2, 0.25) is 0 Å². The summed E-state index contributed by atoms with van der Waals surface area (Å²) in [5.74, 6) is 2.89. The summed E-state index contributed by atoms with van der Waals surface area (Å²) >= 11 is 2.12. The highest BCUT2D eigenvalue weighted by Gasteiger charge is 2.31. The first kappa shape index (κ1) is 27.8. The molecule has 2 aromatic rings. The Morgan fingerprint density at radius 2 is 1.37 bits per heavy atom. The molecule has 0 aliphatic carbocycles. The van der Waals surface area contributed by atoms with Crippen molar-refractivity contribution in [3.05, 3.63) is 36.7 Å². The first-order valence-electron chi connectivity index (χ1n) is 14.1. The highest BCUT2D eigenvalue weighted by molar-refractivity contribution is 8.01. The van der Waals surface area contributed by atoms with Crippen molar-refractivity contribution < 1.29 is 9.47 Å². The summed E-state index contributed by atoms with van der Waals surface area (Å²) in [5.41, 5.74) is 2.10. The quantitative estimate of drug-likeness (QED) is 0.181. The fourth-order valence-electron chi connectivity index (χ4n) is 4.50. The van der Waals surface area contributed by atoms with Crippen molar-refractivity contribution in [2.24, 2.45) is 5.92 Å². The SMILES string of the molecule is CCCCCCCCOc1ncc(-c2ccc(OC[C@@H]3CS[C@@H]3CCCCCCCC)cc2)cn1. The number of benzene rings is 1. The molecule has 1 aromatic carbocycles. The fraction of sp³-hybridized carbons (Fsp3) is 0.667. The van der Waals surface area contributed by atoms with Gasteiger partial charge in [0.25, 0.3) is 0 Å². The van der Waals surface area contributed by atoms with Crippen LogP contribution in [0.2, 0.25) is 0 Å². The van der Waals surface area contributed by atoms with Crippen molar-refractivity contribution in [3.63, 3.8) is 0 Å². The lowest BCUT2D eigenvalue weighted by Crippen LogP contribution is -2.35. The molecule has 2 atom stereocenters. The molecule has 0 amide bonds. The van der Waals surface area contributed by atoms with Crippen LogP contribution in [-0.4, -0.2) is 34.2 Å². The summed E-state index contributed by atoms with van der Waals surface area (Å²) in [6.45, 7) is 6.05. The van der Waals surface area contributed by atoms with Crippen LogP contribution in [0.15, 0.2) is 36.7 Å². The number of nitrogens with zero attached hydrogens (tertiary/aromatic N) is 2. The van der Waals surface area contributed by atoms with Gasteiger partial charge < -0.3 is 9.47 Å². The third-order valence-electron chi connectivity index (χ3n) is 6.90. The average Bonchev–Trinajstić information content (AvgIpc) is 2.88. The van der Waals surface area contributed by atoms with Crippen molar-refractivity contribution in [2.75, 3.05) is 19.0 Å². The molecule has 0 unspecified atom stereocenters. The average molecular weight is 499 g/mol. The lowest BCUT2D eigenvalue weighted by molar-refractivity contribution is 0.246. The van der Waals surface area contributed by atoms with E-state index in [9.17, 15) is 0 Å². The number of aromatic nitrogens is 2. The lowest BCUT2D eigenvalue weighted by Gasteiger charge is -2.36. The highest BCUT2D eigenvalue weighted by Crippen LogP contribution is 2.38. The van der Waals surface area contributed by atoms with Gasteiger partial charge in [0.15, 0.2) is 0 Å². The van der Waals surface area contributed by atoms with E-state index in [-0.39, 0.29) is 0 Å². The predicted molar refractivity (Wildman–Crippen MR) is 150 cm³/mol. The van der Waals surface area contributed by atoms with E-state index in [4.69, 9.17) is 9.47 Å². The predicted octanol–water partition coefficient (Wildman–Crippen LogP) is 8.74. The molecule has 35 heavy (non-hydrogen) atoms. The van der Waals surface area contributed by atoms with E-state index in [1.54, 1.807) is 0 Å². The van der Waals surface area contributed by atoms with Gasteiger partial charge in [-0.15, -0.1) is 0 Å². The van der Waals surface area contributed by atoms with Crippen molar-refractivity contribution in [2.45, 2.75) is 103 Å². The molecule has 1 fully saturated rings. The van der Waals surface area contributed by atoms with E-state index in [1.807, 2.05) is 12.4 Å². The molecule has 1 aromatic heterocycles. The Balaban J connectivity index is 1.32. The molecule has 4 nitrogen and oxygen atoms in total.